The van der Waals surface area contributed by atoms with Gasteiger partial charge in [-0.15, -0.1) is 0 Å². The van der Waals surface area contributed by atoms with Gasteiger partial charge in [0.2, 0.25) is 0 Å². The Morgan fingerprint density at radius 1 is 1.03 bits per heavy atom. The number of hydrogen-bond acceptors (Lipinski definition) is 4. The third-order valence-electron chi connectivity index (χ3n) is 4.98. The molecular formula is C22H25N5O2. The molecule has 0 spiro atoms. The number of nitrogens with one attached hydrogen (secondary N) is 2. The maximum atomic E-state index is 12.3. The van der Waals surface area contributed by atoms with Crippen LogP contribution in [0.5, 0.6) is 0 Å². The van der Waals surface area contributed by atoms with E-state index in [4.69, 9.17) is 0 Å². The Balaban J connectivity index is 1.26. The summed E-state index contributed by atoms with van der Waals surface area (Å²) in [5, 5.41) is 15.0. The average molecular weight is 391 g/mol. The second kappa shape index (κ2) is 10.2. The van der Waals surface area contributed by atoms with Gasteiger partial charge in [0.05, 0.1) is 17.2 Å². The zero-order valence-corrected chi connectivity index (χ0v) is 16.4. The largest absolute Gasteiger partial charge is 0.352 e. The zero-order chi connectivity index (χ0) is 20.5. The van der Waals surface area contributed by atoms with E-state index in [1.165, 1.54) is 0 Å². The SMILES string of the molecule is N#Cc1cccc2c1CN(C(=O)NCCCCCCNC(=O)c1cccnc1)C2. The van der Waals surface area contributed by atoms with E-state index in [-0.39, 0.29) is 11.9 Å². The summed E-state index contributed by atoms with van der Waals surface area (Å²) in [4.78, 5) is 29.9. The van der Waals surface area contributed by atoms with Crippen LogP contribution in [-0.2, 0) is 13.1 Å². The first-order valence-electron chi connectivity index (χ1n) is 9.91. The molecule has 1 aromatic heterocycles. The van der Waals surface area contributed by atoms with Gasteiger partial charge in [-0.2, -0.15) is 5.26 Å². The number of aromatic nitrogens is 1. The molecule has 7 nitrogen and oxygen atoms in total. The fraction of sp³-hybridized carbons (Fsp3) is 0.364. The molecule has 2 heterocycles. The van der Waals surface area contributed by atoms with Gasteiger partial charge >= 0.3 is 6.03 Å². The summed E-state index contributed by atoms with van der Waals surface area (Å²) in [7, 11) is 0. The Morgan fingerprint density at radius 2 is 1.83 bits per heavy atom. The maximum absolute atomic E-state index is 12.3. The lowest BCUT2D eigenvalue weighted by Gasteiger charge is -2.16. The molecule has 0 unspecified atom stereocenters. The predicted octanol–water partition coefficient (Wildman–Crippen LogP) is 2.97. The highest BCUT2D eigenvalue weighted by molar-refractivity contribution is 5.93. The van der Waals surface area contributed by atoms with E-state index < -0.39 is 0 Å². The van der Waals surface area contributed by atoms with Gasteiger partial charge in [0.15, 0.2) is 0 Å². The van der Waals surface area contributed by atoms with E-state index in [1.807, 2.05) is 12.1 Å². The van der Waals surface area contributed by atoms with Gasteiger partial charge < -0.3 is 15.5 Å². The van der Waals surface area contributed by atoms with E-state index in [2.05, 4.69) is 21.7 Å². The summed E-state index contributed by atoms with van der Waals surface area (Å²) in [5.41, 5.74) is 3.22. The highest BCUT2D eigenvalue weighted by Gasteiger charge is 2.24. The minimum absolute atomic E-state index is 0.0891. The van der Waals surface area contributed by atoms with E-state index in [0.29, 0.717) is 37.3 Å². The molecule has 0 aliphatic carbocycles. The van der Waals surface area contributed by atoms with Crippen LogP contribution in [0.1, 0.15) is 52.7 Å². The van der Waals surface area contributed by atoms with Crippen molar-refractivity contribution in [3.8, 4) is 6.07 Å². The van der Waals surface area contributed by atoms with Gasteiger partial charge in [0, 0.05) is 38.6 Å². The zero-order valence-electron chi connectivity index (χ0n) is 16.4. The number of urea groups is 1. The third kappa shape index (κ3) is 5.55. The molecule has 1 aliphatic rings. The summed E-state index contributed by atoms with van der Waals surface area (Å²) in [6.45, 7) is 2.29. The maximum Gasteiger partial charge on any atom is 0.318 e. The number of carbonyl (C=O) groups is 2. The van der Waals surface area contributed by atoms with Crippen molar-refractivity contribution in [1.82, 2.24) is 20.5 Å². The number of pyridine rings is 1. The molecule has 1 aliphatic heterocycles. The summed E-state index contributed by atoms with van der Waals surface area (Å²) >= 11 is 0. The molecule has 0 bridgehead atoms. The predicted molar refractivity (Wildman–Crippen MR) is 109 cm³/mol. The standard InChI is InChI=1S/C22H25N5O2/c23-13-17-7-5-8-19-15-27(16-20(17)19)22(29)26-12-4-2-1-3-11-25-21(28)18-9-6-10-24-14-18/h5-10,14H,1-4,11-12,15-16H2,(H,25,28)(H,26,29). The number of carbonyl (C=O) groups excluding carboxylic acids is 2. The molecule has 2 aromatic rings. The number of benzene rings is 1. The number of fused-ring (bicyclic) bond motifs is 1. The van der Waals surface area contributed by atoms with Crippen LogP contribution < -0.4 is 10.6 Å². The molecule has 0 saturated heterocycles. The summed E-state index contributed by atoms with van der Waals surface area (Å²) in [6, 6.07) is 11.2. The van der Waals surface area contributed by atoms with Crippen molar-refractivity contribution >= 4 is 11.9 Å². The summed E-state index contributed by atoms with van der Waals surface area (Å²) < 4.78 is 0. The third-order valence-corrected chi connectivity index (χ3v) is 4.98. The van der Waals surface area contributed by atoms with Crippen molar-refractivity contribution in [2.45, 2.75) is 38.8 Å². The Morgan fingerprint density at radius 3 is 2.55 bits per heavy atom. The van der Waals surface area contributed by atoms with Crippen LogP contribution in [-0.4, -0.2) is 34.9 Å². The van der Waals surface area contributed by atoms with Crippen LogP contribution in [0, 0.1) is 11.3 Å². The molecule has 1 aromatic carbocycles. The lowest BCUT2D eigenvalue weighted by molar-refractivity contribution is 0.0952. The van der Waals surface area contributed by atoms with Crippen LogP contribution in [0.2, 0.25) is 0 Å². The van der Waals surface area contributed by atoms with Crippen LogP contribution in [0.4, 0.5) is 4.79 Å². The van der Waals surface area contributed by atoms with Crippen molar-refractivity contribution < 1.29 is 9.59 Å². The summed E-state index contributed by atoms with van der Waals surface area (Å²) in [6.07, 6.45) is 6.97. The lowest BCUT2D eigenvalue weighted by Crippen LogP contribution is -2.36. The molecular weight excluding hydrogens is 366 g/mol. The number of hydrogen-bond donors (Lipinski definition) is 2. The second-order valence-electron chi connectivity index (χ2n) is 7.05. The minimum Gasteiger partial charge on any atom is -0.352 e. The Bertz CT molecular complexity index is 892. The lowest BCUT2D eigenvalue weighted by atomic mass is 10.1. The van der Waals surface area contributed by atoms with Crippen molar-refractivity contribution in [3.63, 3.8) is 0 Å². The molecule has 0 saturated carbocycles. The first kappa shape index (κ1) is 20.3. The average Bonchev–Trinajstić information content (AvgIpc) is 3.20. The number of unbranched alkanes of at least 4 members (excludes halogenated alkanes) is 3. The van der Waals surface area contributed by atoms with Gasteiger partial charge in [-0.25, -0.2) is 4.79 Å². The Labute approximate surface area is 170 Å². The van der Waals surface area contributed by atoms with Gasteiger partial charge in [-0.1, -0.05) is 25.0 Å². The van der Waals surface area contributed by atoms with Crippen LogP contribution in [0.15, 0.2) is 42.7 Å². The highest BCUT2D eigenvalue weighted by Crippen LogP contribution is 2.25. The fourth-order valence-electron chi connectivity index (χ4n) is 3.38. The molecule has 2 N–H and O–H groups in total. The van der Waals surface area contributed by atoms with E-state index in [0.717, 1.165) is 36.8 Å². The Kier molecular flexibility index (Phi) is 7.17. The second-order valence-corrected chi connectivity index (χ2v) is 7.05. The molecule has 3 rings (SSSR count). The molecule has 0 fully saturated rings. The van der Waals surface area contributed by atoms with Crippen molar-refractivity contribution in [2.24, 2.45) is 0 Å². The smallest absolute Gasteiger partial charge is 0.318 e. The number of amides is 3. The van der Waals surface area contributed by atoms with Crippen LogP contribution >= 0.6 is 0 Å². The highest BCUT2D eigenvalue weighted by atomic mass is 16.2. The molecule has 0 atom stereocenters. The summed E-state index contributed by atoms with van der Waals surface area (Å²) in [5.74, 6) is -0.100. The molecule has 0 radical (unpaired) electrons. The van der Waals surface area contributed by atoms with E-state index >= 15 is 0 Å². The normalized spacial score (nSPS) is 12.2. The van der Waals surface area contributed by atoms with Crippen LogP contribution in [0.3, 0.4) is 0 Å². The van der Waals surface area contributed by atoms with E-state index in [9.17, 15) is 14.9 Å². The molecule has 7 heteroatoms. The monoisotopic (exact) mass is 391 g/mol. The van der Waals surface area contributed by atoms with E-state index in [1.54, 1.807) is 35.5 Å². The van der Waals surface area contributed by atoms with Crippen molar-refractivity contribution in [1.29, 1.82) is 5.26 Å². The van der Waals surface area contributed by atoms with Gasteiger partial charge in [-0.3, -0.25) is 9.78 Å². The number of nitrogens with zero attached hydrogens (tertiary/aromatic N) is 3. The van der Waals surface area contributed by atoms with Crippen molar-refractivity contribution in [2.75, 3.05) is 13.1 Å². The number of rotatable bonds is 8. The van der Waals surface area contributed by atoms with Crippen molar-refractivity contribution in [3.05, 3.63) is 65.0 Å². The molecule has 3 amide bonds. The topological polar surface area (TPSA) is 98.1 Å². The van der Waals surface area contributed by atoms with Gasteiger partial charge in [0.25, 0.3) is 5.91 Å². The molecule has 150 valence electrons. The first-order valence-corrected chi connectivity index (χ1v) is 9.91. The number of nitriles is 1. The van der Waals surface area contributed by atoms with Gasteiger partial charge in [-0.05, 0) is 42.2 Å². The van der Waals surface area contributed by atoms with Gasteiger partial charge in [0.1, 0.15) is 0 Å². The molecule has 29 heavy (non-hydrogen) atoms. The van der Waals surface area contributed by atoms with Crippen LogP contribution in [0.25, 0.3) is 0 Å². The first-order chi connectivity index (χ1) is 14.2. The quantitative estimate of drug-likeness (QED) is 0.676. The fourth-order valence-corrected chi connectivity index (χ4v) is 3.38. The Hall–Kier alpha value is -3.40. The minimum atomic E-state index is -0.100.